The van der Waals surface area contributed by atoms with Crippen LogP contribution in [0.4, 0.5) is 0 Å². The van der Waals surface area contributed by atoms with E-state index in [-0.39, 0.29) is 5.91 Å². The fourth-order valence-corrected chi connectivity index (χ4v) is 1.91. The number of carbonyl (C=O) groups excluding carboxylic acids is 1. The van der Waals surface area contributed by atoms with Crippen LogP contribution in [0.5, 0.6) is 0 Å². The van der Waals surface area contributed by atoms with Gasteiger partial charge in [-0.1, -0.05) is 17.7 Å². The first kappa shape index (κ1) is 11.9. The van der Waals surface area contributed by atoms with Crippen LogP contribution < -0.4 is 0 Å². The maximum absolute atomic E-state index is 12.1. The molecule has 88 valence electrons. The van der Waals surface area contributed by atoms with Gasteiger partial charge in [-0.25, -0.2) is 0 Å². The normalized spacial score (nSPS) is 19.8. The summed E-state index contributed by atoms with van der Waals surface area (Å²) in [5, 5.41) is 9.30. The summed E-state index contributed by atoms with van der Waals surface area (Å²) in [6, 6.07) is 8.80. The Bertz CT molecular complexity index is 470. The summed E-state index contributed by atoms with van der Waals surface area (Å²) >= 11 is 5.84. The van der Waals surface area contributed by atoms with Crippen LogP contribution in [0.15, 0.2) is 24.3 Å². The maximum Gasteiger partial charge on any atom is 0.254 e. The van der Waals surface area contributed by atoms with Crippen molar-refractivity contribution in [1.29, 1.82) is 5.26 Å². The number of rotatable bonds is 1. The quantitative estimate of drug-likeness (QED) is 0.762. The minimum Gasteiger partial charge on any atom is -0.360 e. The molecule has 1 fully saturated rings. The molecule has 17 heavy (non-hydrogen) atoms. The molecule has 0 bridgehead atoms. The monoisotopic (exact) mass is 250 g/mol. The average molecular weight is 251 g/mol. The minimum absolute atomic E-state index is 0.115. The van der Waals surface area contributed by atoms with Crippen molar-refractivity contribution in [3.8, 4) is 6.07 Å². The summed E-state index contributed by atoms with van der Waals surface area (Å²) in [7, 11) is 0. The molecule has 0 saturated carbocycles. The lowest BCUT2D eigenvalue weighted by molar-refractivity contribution is 0.00347. The predicted molar refractivity (Wildman–Crippen MR) is 62.7 cm³/mol. The van der Waals surface area contributed by atoms with Gasteiger partial charge in [0.2, 0.25) is 0 Å². The van der Waals surface area contributed by atoms with Crippen LogP contribution in [0, 0.1) is 11.3 Å². The van der Waals surface area contributed by atoms with Gasteiger partial charge in [-0.2, -0.15) is 5.26 Å². The molecule has 0 radical (unpaired) electrons. The van der Waals surface area contributed by atoms with Crippen molar-refractivity contribution < 1.29 is 9.53 Å². The molecule has 0 N–H and O–H groups in total. The van der Waals surface area contributed by atoms with Crippen molar-refractivity contribution in [1.82, 2.24) is 4.90 Å². The Morgan fingerprint density at radius 3 is 3.12 bits per heavy atom. The fraction of sp³-hybridized carbons (Fsp3) is 0.333. The molecule has 1 aliphatic heterocycles. The number of hydrogen-bond donors (Lipinski definition) is 0. The van der Waals surface area contributed by atoms with E-state index in [9.17, 15) is 4.79 Å². The Morgan fingerprint density at radius 1 is 1.59 bits per heavy atom. The van der Waals surface area contributed by atoms with E-state index in [0.717, 1.165) is 0 Å². The molecule has 2 rings (SSSR count). The molecule has 1 aromatic rings. The molecule has 0 spiro atoms. The Hall–Kier alpha value is -1.57. The van der Waals surface area contributed by atoms with Crippen LogP contribution in [0.25, 0.3) is 0 Å². The molecule has 1 amide bonds. The van der Waals surface area contributed by atoms with Gasteiger partial charge >= 0.3 is 0 Å². The van der Waals surface area contributed by atoms with Gasteiger partial charge in [0, 0.05) is 17.1 Å². The van der Waals surface area contributed by atoms with Gasteiger partial charge in [0.1, 0.15) is 0 Å². The van der Waals surface area contributed by atoms with E-state index in [1.165, 1.54) is 0 Å². The van der Waals surface area contributed by atoms with Gasteiger partial charge in [-0.15, -0.1) is 0 Å². The second-order valence-electron chi connectivity index (χ2n) is 3.75. The smallest absolute Gasteiger partial charge is 0.254 e. The minimum atomic E-state index is -0.535. The average Bonchev–Trinajstić information content (AvgIpc) is 2.38. The number of hydrogen-bond acceptors (Lipinski definition) is 3. The van der Waals surface area contributed by atoms with E-state index in [2.05, 4.69) is 0 Å². The number of nitriles is 1. The van der Waals surface area contributed by atoms with E-state index in [0.29, 0.717) is 30.3 Å². The highest BCUT2D eigenvalue weighted by Crippen LogP contribution is 2.14. The first-order chi connectivity index (χ1) is 8.20. The van der Waals surface area contributed by atoms with Gasteiger partial charge in [0.25, 0.3) is 5.91 Å². The molecule has 1 unspecified atom stereocenters. The number of carbonyl (C=O) groups is 1. The lowest BCUT2D eigenvalue weighted by Gasteiger charge is -2.29. The van der Waals surface area contributed by atoms with Crippen molar-refractivity contribution >= 4 is 17.5 Å². The van der Waals surface area contributed by atoms with E-state index in [1.807, 2.05) is 6.07 Å². The van der Waals surface area contributed by atoms with E-state index in [1.54, 1.807) is 29.2 Å². The van der Waals surface area contributed by atoms with E-state index in [4.69, 9.17) is 21.6 Å². The van der Waals surface area contributed by atoms with Crippen LogP contribution in [0.3, 0.4) is 0 Å². The molecule has 0 aromatic heterocycles. The maximum atomic E-state index is 12.1. The van der Waals surface area contributed by atoms with Crippen LogP contribution in [-0.4, -0.2) is 36.6 Å². The van der Waals surface area contributed by atoms with Crippen LogP contribution in [-0.2, 0) is 4.74 Å². The van der Waals surface area contributed by atoms with Crippen LogP contribution in [0.2, 0.25) is 5.02 Å². The van der Waals surface area contributed by atoms with Gasteiger partial charge in [0.05, 0.1) is 19.2 Å². The first-order valence-corrected chi connectivity index (χ1v) is 5.64. The predicted octanol–water partition coefficient (Wildman–Crippen LogP) is 1.70. The number of benzene rings is 1. The zero-order chi connectivity index (χ0) is 12.3. The number of halogens is 1. The highest BCUT2D eigenvalue weighted by molar-refractivity contribution is 6.30. The number of nitrogens with zero attached hydrogens (tertiary/aromatic N) is 2. The Labute approximate surface area is 104 Å². The molecule has 1 saturated heterocycles. The Morgan fingerprint density at radius 2 is 2.41 bits per heavy atom. The van der Waals surface area contributed by atoms with E-state index < -0.39 is 6.10 Å². The van der Waals surface area contributed by atoms with Crippen molar-refractivity contribution in [3.63, 3.8) is 0 Å². The summed E-state index contributed by atoms with van der Waals surface area (Å²) in [5.41, 5.74) is 0.538. The zero-order valence-electron chi connectivity index (χ0n) is 9.10. The molecule has 4 nitrogen and oxygen atoms in total. The van der Waals surface area contributed by atoms with Crippen molar-refractivity contribution in [3.05, 3.63) is 34.9 Å². The molecular weight excluding hydrogens is 240 g/mol. The highest BCUT2D eigenvalue weighted by Gasteiger charge is 2.24. The van der Waals surface area contributed by atoms with Crippen molar-refractivity contribution in [2.24, 2.45) is 0 Å². The largest absolute Gasteiger partial charge is 0.360 e. The van der Waals surface area contributed by atoms with Gasteiger partial charge in [-0.05, 0) is 18.2 Å². The SMILES string of the molecule is N#CC1CN(C(=O)c2cccc(Cl)c2)CCO1. The van der Waals surface area contributed by atoms with Crippen LogP contribution in [0.1, 0.15) is 10.4 Å². The molecule has 1 aromatic carbocycles. The lowest BCUT2D eigenvalue weighted by Crippen LogP contribution is -2.45. The zero-order valence-corrected chi connectivity index (χ0v) is 9.85. The number of morpholine rings is 1. The molecule has 1 atom stereocenters. The summed E-state index contributed by atoms with van der Waals surface area (Å²) < 4.78 is 5.19. The molecule has 1 heterocycles. The summed E-state index contributed by atoms with van der Waals surface area (Å²) in [5.74, 6) is -0.115. The summed E-state index contributed by atoms with van der Waals surface area (Å²) in [4.78, 5) is 13.7. The Kier molecular flexibility index (Phi) is 3.62. The molecule has 0 aliphatic carbocycles. The molecular formula is C12H11ClN2O2. The first-order valence-electron chi connectivity index (χ1n) is 5.27. The van der Waals surface area contributed by atoms with Crippen molar-refractivity contribution in [2.45, 2.75) is 6.10 Å². The second-order valence-corrected chi connectivity index (χ2v) is 4.19. The van der Waals surface area contributed by atoms with Crippen LogP contribution >= 0.6 is 11.6 Å². The fourth-order valence-electron chi connectivity index (χ4n) is 1.72. The number of amides is 1. The third-order valence-corrected chi connectivity index (χ3v) is 2.80. The van der Waals surface area contributed by atoms with E-state index >= 15 is 0 Å². The third kappa shape index (κ3) is 2.76. The standard InChI is InChI=1S/C12H11ClN2O2/c13-10-3-1-2-9(6-10)12(16)15-4-5-17-11(7-14)8-15/h1-3,6,11H,4-5,8H2. The topological polar surface area (TPSA) is 53.3 Å². The lowest BCUT2D eigenvalue weighted by atomic mass is 10.2. The van der Waals surface area contributed by atoms with Crippen molar-refractivity contribution in [2.75, 3.05) is 19.7 Å². The number of ether oxygens (including phenoxy) is 1. The molecule has 1 aliphatic rings. The van der Waals surface area contributed by atoms with Gasteiger partial charge < -0.3 is 9.64 Å². The summed E-state index contributed by atoms with van der Waals surface area (Å²) in [6.07, 6.45) is -0.535. The third-order valence-electron chi connectivity index (χ3n) is 2.57. The highest BCUT2D eigenvalue weighted by atomic mass is 35.5. The van der Waals surface area contributed by atoms with Gasteiger partial charge in [-0.3, -0.25) is 4.79 Å². The summed E-state index contributed by atoms with van der Waals surface area (Å²) in [6.45, 7) is 1.20. The second kappa shape index (κ2) is 5.17. The Balaban J connectivity index is 2.12. The van der Waals surface area contributed by atoms with Gasteiger partial charge in [0.15, 0.2) is 6.10 Å². The molecule has 5 heteroatoms.